The molecule has 1 fully saturated rings. The van der Waals surface area contributed by atoms with Gasteiger partial charge in [-0.05, 0) is 23.8 Å². The highest BCUT2D eigenvalue weighted by atomic mass is 35.5. The first kappa shape index (κ1) is 16.8. The summed E-state index contributed by atoms with van der Waals surface area (Å²) in [5.74, 6) is 0. The molecule has 122 valence electrons. The van der Waals surface area contributed by atoms with E-state index in [0.29, 0.717) is 28.6 Å². The Kier molecular flexibility index (Phi) is 5.35. The molecule has 0 spiro atoms. The minimum absolute atomic E-state index is 0.0240. The quantitative estimate of drug-likeness (QED) is 0.588. The Morgan fingerprint density at radius 2 is 2.21 bits per heavy atom. The Balaban J connectivity index is 1.64. The van der Waals surface area contributed by atoms with Crippen molar-refractivity contribution in [2.24, 2.45) is 0 Å². The van der Waals surface area contributed by atoms with Crippen molar-refractivity contribution in [3.8, 4) is 0 Å². The van der Waals surface area contributed by atoms with E-state index in [1.807, 2.05) is 12.1 Å². The van der Waals surface area contributed by atoms with Gasteiger partial charge in [0.05, 0.1) is 24.6 Å². The lowest BCUT2D eigenvalue weighted by molar-refractivity contribution is 0.0277. The molecule has 24 heavy (non-hydrogen) atoms. The van der Waals surface area contributed by atoms with Crippen molar-refractivity contribution in [2.75, 3.05) is 30.3 Å². The van der Waals surface area contributed by atoms with Gasteiger partial charge < -0.3 is 20.7 Å². The Morgan fingerprint density at radius 3 is 2.88 bits per heavy atom. The van der Waals surface area contributed by atoms with E-state index in [4.69, 9.17) is 24.2 Å². The molecule has 0 bridgehead atoms. The van der Waals surface area contributed by atoms with Gasteiger partial charge in [0, 0.05) is 18.8 Å². The van der Waals surface area contributed by atoms with Crippen LogP contribution in [0.5, 0.6) is 0 Å². The average molecular weight is 343 g/mol. The van der Waals surface area contributed by atoms with Crippen molar-refractivity contribution < 1.29 is 9.53 Å². The second-order valence-electron chi connectivity index (χ2n) is 5.36. The molecule has 0 saturated carbocycles. The van der Waals surface area contributed by atoms with Gasteiger partial charge >= 0.3 is 6.03 Å². The predicted octanol–water partition coefficient (Wildman–Crippen LogP) is 1.83. The number of ether oxygens (including phenoxy) is 1. The third kappa shape index (κ3) is 4.26. The summed E-state index contributed by atoms with van der Waals surface area (Å²) in [7, 11) is 6.04. The van der Waals surface area contributed by atoms with Crippen LogP contribution in [0.15, 0.2) is 36.5 Å². The fraction of sp³-hybridized carbons (Fsp3) is 0.250. The summed E-state index contributed by atoms with van der Waals surface area (Å²) in [6.45, 7) is 2.27. The monoisotopic (exact) mass is 342 g/mol. The van der Waals surface area contributed by atoms with Crippen molar-refractivity contribution in [1.82, 2.24) is 10.3 Å². The number of carbonyl (C=O) groups excluding carboxylic acids is 1. The third-order valence-electron chi connectivity index (χ3n) is 3.61. The van der Waals surface area contributed by atoms with Crippen molar-refractivity contribution in [1.29, 1.82) is 0 Å². The lowest BCUT2D eigenvalue weighted by Gasteiger charge is -2.24. The number of benzene rings is 1. The maximum Gasteiger partial charge on any atom is 0.323 e. The molecule has 2 radical (unpaired) electrons. The van der Waals surface area contributed by atoms with Crippen LogP contribution in [0.1, 0.15) is 11.7 Å². The van der Waals surface area contributed by atoms with Crippen LogP contribution in [0, 0.1) is 0 Å². The number of rotatable bonds is 3. The first-order valence-electron chi connectivity index (χ1n) is 7.53. The number of urea groups is 1. The number of nitrogens with zero attached hydrogens (tertiary/aromatic N) is 1. The summed E-state index contributed by atoms with van der Waals surface area (Å²) >= 11 is 5.71. The number of hydrogen-bond acceptors (Lipinski definition) is 4. The molecular formula is C16H16BClN4O2. The smallest absolute Gasteiger partial charge is 0.323 e. The number of nitrogens with one attached hydrogen (secondary N) is 3. The van der Waals surface area contributed by atoms with E-state index in [0.717, 1.165) is 18.7 Å². The summed E-state index contributed by atoms with van der Waals surface area (Å²) in [4.78, 5) is 15.9. The predicted molar refractivity (Wildman–Crippen MR) is 95.3 cm³/mol. The second-order valence-corrected chi connectivity index (χ2v) is 5.75. The van der Waals surface area contributed by atoms with Gasteiger partial charge in [0.15, 0.2) is 0 Å². The lowest BCUT2D eigenvalue weighted by Crippen LogP contribution is -2.33. The van der Waals surface area contributed by atoms with Gasteiger partial charge in [-0.25, -0.2) is 9.78 Å². The summed E-state index contributed by atoms with van der Waals surface area (Å²) in [5.41, 5.74) is 2.52. The molecule has 8 heteroatoms. The van der Waals surface area contributed by atoms with Crippen molar-refractivity contribution in [3.05, 3.63) is 47.2 Å². The van der Waals surface area contributed by atoms with E-state index < -0.39 is 6.03 Å². The van der Waals surface area contributed by atoms with Gasteiger partial charge in [0.2, 0.25) is 0 Å². The first-order valence-corrected chi connectivity index (χ1v) is 7.91. The largest absolute Gasteiger partial charge is 0.371 e. The molecule has 1 aromatic heterocycles. The number of morpholine rings is 1. The fourth-order valence-electron chi connectivity index (χ4n) is 2.41. The van der Waals surface area contributed by atoms with E-state index in [-0.39, 0.29) is 6.10 Å². The Labute approximate surface area is 146 Å². The number of hydrogen-bond donors (Lipinski definition) is 3. The van der Waals surface area contributed by atoms with Crippen molar-refractivity contribution in [3.63, 3.8) is 0 Å². The van der Waals surface area contributed by atoms with Crippen LogP contribution in [0.25, 0.3) is 0 Å². The van der Waals surface area contributed by atoms with E-state index in [1.54, 1.807) is 18.2 Å². The van der Waals surface area contributed by atoms with E-state index in [2.05, 4.69) is 20.9 Å². The molecule has 0 aliphatic carbocycles. The highest BCUT2D eigenvalue weighted by Gasteiger charge is 2.16. The first-order chi connectivity index (χ1) is 11.6. The fourth-order valence-corrected chi connectivity index (χ4v) is 2.52. The van der Waals surface area contributed by atoms with E-state index in [9.17, 15) is 4.79 Å². The lowest BCUT2D eigenvalue weighted by atomic mass is 9.90. The van der Waals surface area contributed by atoms with Gasteiger partial charge in [0.1, 0.15) is 13.0 Å². The normalized spacial score (nSPS) is 17.3. The highest BCUT2D eigenvalue weighted by Crippen LogP contribution is 2.19. The Hall–Kier alpha value is -2.09. The van der Waals surface area contributed by atoms with Crippen LogP contribution in [-0.2, 0) is 4.74 Å². The minimum Gasteiger partial charge on any atom is -0.371 e. The van der Waals surface area contributed by atoms with Crippen LogP contribution in [-0.4, -0.2) is 38.6 Å². The number of anilines is 2. The molecule has 1 aliphatic heterocycles. The molecule has 3 rings (SSSR count). The van der Waals surface area contributed by atoms with Crippen molar-refractivity contribution in [2.45, 2.75) is 6.10 Å². The molecule has 2 heterocycles. The van der Waals surface area contributed by atoms with Gasteiger partial charge in [-0.15, -0.1) is 0 Å². The standard InChI is InChI=1S/C16H16BClN4O2/c17-12-7-10(14-9-19-5-6-24-14)1-3-13(12)22-16(23)21-11-2-4-15(18)20-8-11/h1-4,7-8,14,19H,5-6,9H2,(H2,21,22,23)/t14-/m1/s1. The topological polar surface area (TPSA) is 75.3 Å². The highest BCUT2D eigenvalue weighted by molar-refractivity contribution is 6.36. The zero-order chi connectivity index (χ0) is 16.9. The molecule has 2 amide bonds. The third-order valence-corrected chi connectivity index (χ3v) is 3.83. The number of pyridine rings is 1. The summed E-state index contributed by atoms with van der Waals surface area (Å²) in [6, 6.07) is 8.33. The van der Waals surface area contributed by atoms with E-state index >= 15 is 0 Å². The number of carbonyl (C=O) groups is 1. The van der Waals surface area contributed by atoms with Crippen molar-refractivity contribution >= 4 is 42.3 Å². The molecular weight excluding hydrogens is 326 g/mol. The summed E-state index contributed by atoms with van der Waals surface area (Å²) in [6.07, 6.45) is 1.45. The number of halogens is 1. The molecule has 1 aromatic carbocycles. The molecule has 2 aromatic rings. The molecule has 6 nitrogen and oxygen atoms in total. The van der Waals surface area contributed by atoms with Gasteiger partial charge in [0.25, 0.3) is 0 Å². The van der Waals surface area contributed by atoms with Crippen LogP contribution < -0.4 is 21.4 Å². The Morgan fingerprint density at radius 1 is 1.33 bits per heavy atom. The van der Waals surface area contributed by atoms with Crippen LogP contribution in [0.2, 0.25) is 5.15 Å². The molecule has 1 saturated heterocycles. The van der Waals surface area contributed by atoms with Gasteiger partial charge in [-0.3, -0.25) is 0 Å². The number of aromatic nitrogens is 1. The molecule has 1 atom stereocenters. The Bertz CT molecular complexity index is 721. The zero-order valence-corrected chi connectivity index (χ0v) is 13.6. The van der Waals surface area contributed by atoms with Crippen LogP contribution >= 0.6 is 11.6 Å². The number of amides is 2. The zero-order valence-electron chi connectivity index (χ0n) is 12.9. The van der Waals surface area contributed by atoms with E-state index in [1.165, 1.54) is 6.20 Å². The molecule has 0 unspecified atom stereocenters. The molecule has 1 aliphatic rings. The summed E-state index contributed by atoms with van der Waals surface area (Å²) < 4.78 is 5.69. The van der Waals surface area contributed by atoms with Crippen LogP contribution in [0.3, 0.4) is 0 Å². The minimum atomic E-state index is -0.408. The average Bonchev–Trinajstić information content (AvgIpc) is 2.59. The molecule has 3 N–H and O–H groups in total. The second kappa shape index (κ2) is 7.66. The maximum absolute atomic E-state index is 12.0. The van der Waals surface area contributed by atoms with Gasteiger partial charge in [-0.2, -0.15) is 0 Å². The van der Waals surface area contributed by atoms with Crippen LogP contribution in [0.4, 0.5) is 16.2 Å². The van der Waals surface area contributed by atoms with Gasteiger partial charge in [-0.1, -0.05) is 29.2 Å². The SMILES string of the molecule is [B]c1cc([C@H]2CNCCO2)ccc1NC(=O)Nc1ccc(Cl)nc1. The maximum atomic E-state index is 12.0. The summed E-state index contributed by atoms with van der Waals surface area (Å²) in [5, 5.41) is 9.00.